The van der Waals surface area contributed by atoms with E-state index in [9.17, 15) is 14.5 Å². The van der Waals surface area contributed by atoms with Gasteiger partial charge in [0, 0.05) is 30.6 Å². The summed E-state index contributed by atoms with van der Waals surface area (Å²) in [5.41, 5.74) is 1.41. The zero-order valence-corrected chi connectivity index (χ0v) is 10.8. The van der Waals surface area contributed by atoms with Gasteiger partial charge in [-0.1, -0.05) is 0 Å². The molecule has 0 fully saturated rings. The van der Waals surface area contributed by atoms with Crippen LogP contribution in [0.4, 0.5) is 10.1 Å². The molecule has 0 radical (unpaired) electrons. The van der Waals surface area contributed by atoms with Crippen LogP contribution in [0.5, 0.6) is 0 Å². The number of halogens is 1. The number of nitrogens with zero attached hydrogens (tertiary/aromatic N) is 2. The summed E-state index contributed by atoms with van der Waals surface area (Å²) in [4.78, 5) is 14.3. The van der Waals surface area contributed by atoms with Crippen molar-refractivity contribution >= 4 is 5.69 Å². The summed E-state index contributed by atoms with van der Waals surface area (Å²) in [6.07, 6.45) is 4.21. The molecule has 2 rings (SSSR count). The fourth-order valence-corrected chi connectivity index (χ4v) is 1.88. The first-order chi connectivity index (χ1) is 9.66. The summed E-state index contributed by atoms with van der Waals surface area (Å²) in [5, 5.41) is 13.9. The molecule has 104 valence electrons. The Hall–Kier alpha value is -2.34. The van der Waals surface area contributed by atoms with Crippen LogP contribution in [0.15, 0.2) is 42.7 Å². The molecule has 0 saturated carbocycles. The van der Waals surface area contributed by atoms with Crippen LogP contribution < -0.4 is 5.32 Å². The van der Waals surface area contributed by atoms with Crippen molar-refractivity contribution in [3.05, 3.63) is 69.8 Å². The highest BCUT2D eigenvalue weighted by Gasteiger charge is 2.13. The number of hydrogen-bond donors (Lipinski definition) is 1. The molecule has 0 aliphatic heterocycles. The summed E-state index contributed by atoms with van der Waals surface area (Å²) in [5.74, 6) is -0.471. The second kappa shape index (κ2) is 6.72. The zero-order chi connectivity index (χ0) is 14.4. The Morgan fingerprint density at radius 3 is 2.70 bits per heavy atom. The fourth-order valence-electron chi connectivity index (χ4n) is 1.88. The minimum Gasteiger partial charge on any atom is -0.312 e. The lowest BCUT2D eigenvalue weighted by Gasteiger charge is -2.06. The van der Waals surface area contributed by atoms with Crippen molar-refractivity contribution in [2.75, 3.05) is 6.54 Å². The van der Waals surface area contributed by atoms with Crippen LogP contribution in [0, 0.1) is 15.9 Å². The molecule has 5 nitrogen and oxygen atoms in total. The molecule has 1 aromatic carbocycles. The molecule has 2 aromatic rings. The van der Waals surface area contributed by atoms with Crippen LogP contribution >= 0.6 is 0 Å². The van der Waals surface area contributed by atoms with Gasteiger partial charge >= 0.3 is 0 Å². The highest BCUT2D eigenvalue weighted by atomic mass is 19.1. The summed E-state index contributed by atoms with van der Waals surface area (Å²) in [6.45, 7) is 0.914. The Bertz CT molecular complexity index is 590. The first-order valence-corrected chi connectivity index (χ1v) is 6.19. The Kier molecular flexibility index (Phi) is 4.73. The van der Waals surface area contributed by atoms with E-state index in [0.717, 1.165) is 18.1 Å². The summed E-state index contributed by atoms with van der Waals surface area (Å²) in [7, 11) is 0. The van der Waals surface area contributed by atoms with Crippen LogP contribution in [0.3, 0.4) is 0 Å². The van der Waals surface area contributed by atoms with E-state index in [0.29, 0.717) is 12.1 Å². The minimum absolute atomic E-state index is 0.0668. The van der Waals surface area contributed by atoms with Gasteiger partial charge in [0.05, 0.1) is 4.92 Å². The van der Waals surface area contributed by atoms with E-state index < -0.39 is 10.7 Å². The molecule has 6 heteroatoms. The number of hydrogen-bond acceptors (Lipinski definition) is 4. The molecular weight excluding hydrogens is 261 g/mol. The predicted octanol–water partition coefficient (Wildman–Crippen LogP) is 2.46. The SMILES string of the molecule is O=[N+]([O-])c1ccc(F)cc1CNCCc1ccncc1. The number of aromatic nitrogens is 1. The fraction of sp³-hybridized carbons (Fsp3) is 0.214. The van der Waals surface area contributed by atoms with Gasteiger partial charge in [-0.3, -0.25) is 15.1 Å². The maximum atomic E-state index is 13.1. The maximum absolute atomic E-state index is 13.1. The third-order valence-electron chi connectivity index (χ3n) is 2.89. The minimum atomic E-state index is -0.501. The lowest BCUT2D eigenvalue weighted by Crippen LogP contribution is -2.17. The Labute approximate surface area is 115 Å². The van der Waals surface area contributed by atoms with Crippen molar-refractivity contribution in [2.24, 2.45) is 0 Å². The molecule has 1 heterocycles. The molecule has 0 aliphatic rings. The van der Waals surface area contributed by atoms with Crippen LogP contribution in [-0.4, -0.2) is 16.5 Å². The molecular formula is C14H14FN3O2. The number of nitrogens with one attached hydrogen (secondary N) is 1. The molecule has 20 heavy (non-hydrogen) atoms. The standard InChI is InChI=1S/C14H14FN3O2/c15-13-1-2-14(18(19)20)12(9-13)10-17-8-5-11-3-6-16-7-4-11/h1-4,6-7,9,17H,5,8,10H2. The highest BCUT2D eigenvalue weighted by molar-refractivity contribution is 5.40. The predicted molar refractivity (Wildman–Crippen MR) is 72.7 cm³/mol. The quantitative estimate of drug-likeness (QED) is 0.499. The zero-order valence-electron chi connectivity index (χ0n) is 10.8. The van der Waals surface area contributed by atoms with Crippen LogP contribution in [-0.2, 0) is 13.0 Å². The third kappa shape index (κ3) is 3.83. The van der Waals surface area contributed by atoms with E-state index in [1.807, 2.05) is 12.1 Å². The van der Waals surface area contributed by atoms with Crippen molar-refractivity contribution in [1.29, 1.82) is 0 Å². The monoisotopic (exact) mass is 275 g/mol. The van der Waals surface area contributed by atoms with E-state index in [4.69, 9.17) is 0 Å². The molecule has 0 bridgehead atoms. The van der Waals surface area contributed by atoms with E-state index in [-0.39, 0.29) is 12.2 Å². The van der Waals surface area contributed by atoms with Gasteiger partial charge in [-0.25, -0.2) is 4.39 Å². The van der Waals surface area contributed by atoms with Crippen molar-refractivity contribution < 1.29 is 9.31 Å². The van der Waals surface area contributed by atoms with E-state index in [2.05, 4.69) is 10.3 Å². The number of nitro groups is 1. The van der Waals surface area contributed by atoms with Crippen molar-refractivity contribution in [1.82, 2.24) is 10.3 Å². The van der Waals surface area contributed by atoms with Gasteiger partial charge in [0.15, 0.2) is 0 Å². The number of pyridine rings is 1. The molecule has 0 aliphatic carbocycles. The molecule has 1 aromatic heterocycles. The van der Waals surface area contributed by atoms with E-state index in [1.54, 1.807) is 12.4 Å². The first kappa shape index (κ1) is 14.1. The van der Waals surface area contributed by atoms with Gasteiger partial charge in [-0.05, 0) is 42.8 Å². The second-order valence-corrected chi connectivity index (χ2v) is 4.31. The number of nitro benzene ring substituents is 1. The van der Waals surface area contributed by atoms with Gasteiger partial charge < -0.3 is 5.32 Å². The number of rotatable bonds is 6. The van der Waals surface area contributed by atoms with Crippen LogP contribution in [0.1, 0.15) is 11.1 Å². The average molecular weight is 275 g/mol. The van der Waals surface area contributed by atoms with Crippen molar-refractivity contribution in [3.8, 4) is 0 Å². The molecule has 1 N–H and O–H groups in total. The van der Waals surface area contributed by atoms with Crippen LogP contribution in [0.2, 0.25) is 0 Å². The average Bonchev–Trinajstić information content (AvgIpc) is 2.44. The summed E-state index contributed by atoms with van der Waals surface area (Å²) < 4.78 is 13.1. The van der Waals surface area contributed by atoms with Crippen LogP contribution in [0.25, 0.3) is 0 Å². The van der Waals surface area contributed by atoms with Gasteiger partial charge in [-0.2, -0.15) is 0 Å². The smallest absolute Gasteiger partial charge is 0.274 e. The number of benzene rings is 1. The van der Waals surface area contributed by atoms with E-state index in [1.165, 1.54) is 12.1 Å². The normalized spacial score (nSPS) is 10.4. The Morgan fingerprint density at radius 1 is 1.25 bits per heavy atom. The second-order valence-electron chi connectivity index (χ2n) is 4.31. The van der Waals surface area contributed by atoms with Gasteiger partial charge in [-0.15, -0.1) is 0 Å². The Balaban J connectivity index is 1.91. The molecule has 0 saturated heterocycles. The topological polar surface area (TPSA) is 68.1 Å². The van der Waals surface area contributed by atoms with Gasteiger partial charge in [0.1, 0.15) is 5.82 Å². The lowest BCUT2D eigenvalue weighted by molar-refractivity contribution is -0.385. The molecule has 0 amide bonds. The largest absolute Gasteiger partial charge is 0.312 e. The molecule has 0 spiro atoms. The van der Waals surface area contributed by atoms with E-state index >= 15 is 0 Å². The maximum Gasteiger partial charge on any atom is 0.274 e. The van der Waals surface area contributed by atoms with Crippen molar-refractivity contribution in [3.63, 3.8) is 0 Å². The first-order valence-electron chi connectivity index (χ1n) is 6.19. The summed E-state index contributed by atoms with van der Waals surface area (Å²) >= 11 is 0. The molecule has 0 unspecified atom stereocenters. The lowest BCUT2D eigenvalue weighted by atomic mass is 10.1. The van der Waals surface area contributed by atoms with Gasteiger partial charge in [0.2, 0.25) is 0 Å². The van der Waals surface area contributed by atoms with Crippen molar-refractivity contribution in [2.45, 2.75) is 13.0 Å². The Morgan fingerprint density at radius 2 is 2.00 bits per heavy atom. The third-order valence-corrected chi connectivity index (χ3v) is 2.89. The summed E-state index contributed by atoms with van der Waals surface area (Å²) in [6, 6.07) is 7.30. The van der Waals surface area contributed by atoms with Gasteiger partial charge in [0.25, 0.3) is 5.69 Å². The molecule has 0 atom stereocenters. The highest BCUT2D eigenvalue weighted by Crippen LogP contribution is 2.19.